The molecule has 15 heavy (non-hydrogen) atoms. The molecule has 0 aromatic heterocycles. The fraction of sp³-hybridized carbons (Fsp3) is 0.182. The van der Waals surface area contributed by atoms with Crippen molar-refractivity contribution in [2.24, 2.45) is 0 Å². The van der Waals surface area contributed by atoms with Gasteiger partial charge in [0.25, 0.3) is 0 Å². The molecule has 2 N–H and O–H groups in total. The first-order valence-electron chi connectivity index (χ1n) is 4.34. The molecule has 0 aliphatic carbocycles. The lowest BCUT2D eigenvalue weighted by atomic mass is 10.1. The highest BCUT2D eigenvalue weighted by molar-refractivity contribution is 5.87. The van der Waals surface area contributed by atoms with Gasteiger partial charge in [-0.1, -0.05) is 0 Å². The predicted molar refractivity (Wildman–Crippen MR) is 55.6 cm³/mol. The third-order valence-electron chi connectivity index (χ3n) is 2.03. The molecule has 0 atom stereocenters. The number of esters is 1. The van der Waals surface area contributed by atoms with Crippen LogP contribution >= 0.6 is 0 Å². The molecule has 80 valence electrons. The van der Waals surface area contributed by atoms with E-state index in [0.29, 0.717) is 11.1 Å². The standard InChI is InChI=1S/C11H12O4/c1-7-9(12)5-3-8(11(7)14)4-6-10(13)15-2/h3-6,12,14H,1-2H3. The van der Waals surface area contributed by atoms with Crippen LogP contribution in [0.1, 0.15) is 11.1 Å². The zero-order chi connectivity index (χ0) is 11.4. The number of hydrogen-bond acceptors (Lipinski definition) is 4. The van der Waals surface area contributed by atoms with Crippen LogP contribution in [-0.2, 0) is 9.53 Å². The summed E-state index contributed by atoms with van der Waals surface area (Å²) < 4.78 is 4.41. The number of carbonyl (C=O) groups excluding carboxylic acids is 1. The molecule has 0 heterocycles. The quantitative estimate of drug-likeness (QED) is 0.572. The van der Waals surface area contributed by atoms with Crippen molar-refractivity contribution in [3.8, 4) is 11.5 Å². The zero-order valence-electron chi connectivity index (χ0n) is 8.52. The summed E-state index contributed by atoms with van der Waals surface area (Å²) >= 11 is 0. The fourth-order valence-electron chi connectivity index (χ4n) is 1.07. The zero-order valence-corrected chi connectivity index (χ0v) is 8.52. The maximum Gasteiger partial charge on any atom is 0.330 e. The Bertz CT molecular complexity index is 407. The van der Waals surface area contributed by atoms with E-state index in [1.165, 1.54) is 31.4 Å². The Morgan fingerprint density at radius 2 is 2.07 bits per heavy atom. The van der Waals surface area contributed by atoms with Gasteiger partial charge in [-0.05, 0) is 25.1 Å². The van der Waals surface area contributed by atoms with Gasteiger partial charge in [-0.25, -0.2) is 4.79 Å². The number of aromatic hydroxyl groups is 2. The first kappa shape index (κ1) is 11.1. The molecule has 1 aromatic carbocycles. The number of hydrogen-bond donors (Lipinski definition) is 2. The molecule has 0 saturated carbocycles. The molecule has 4 heteroatoms. The smallest absolute Gasteiger partial charge is 0.330 e. The van der Waals surface area contributed by atoms with E-state index in [4.69, 9.17) is 0 Å². The van der Waals surface area contributed by atoms with E-state index in [-0.39, 0.29) is 11.5 Å². The number of ether oxygens (including phenoxy) is 1. The second kappa shape index (κ2) is 4.50. The Hall–Kier alpha value is -1.97. The molecule has 0 aliphatic heterocycles. The lowest BCUT2D eigenvalue weighted by Gasteiger charge is -2.04. The average molecular weight is 208 g/mol. The molecule has 0 saturated heterocycles. The van der Waals surface area contributed by atoms with Crippen molar-refractivity contribution < 1.29 is 19.7 Å². The number of rotatable bonds is 2. The fourth-order valence-corrected chi connectivity index (χ4v) is 1.07. The van der Waals surface area contributed by atoms with Crippen LogP contribution in [0.25, 0.3) is 6.08 Å². The van der Waals surface area contributed by atoms with Crippen molar-refractivity contribution in [2.45, 2.75) is 6.92 Å². The van der Waals surface area contributed by atoms with E-state index in [2.05, 4.69) is 4.74 Å². The van der Waals surface area contributed by atoms with Gasteiger partial charge < -0.3 is 14.9 Å². The van der Waals surface area contributed by atoms with E-state index < -0.39 is 5.97 Å². The first-order valence-corrected chi connectivity index (χ1v) is 4.34. The van der Waals surface area contributed by atoms with Gasteiger partial charge in [0.2, 0.25) is 0 Å². The maximum atomic E-state index is 10.8. The summed E-state index contributed by atoms with van der Waals surface area (Å²) in [5, 5.41) is 18.9. The van der Waals surface area contributed by atoms with Gasteiger partial charge >= 0.3 is 5.97 Å². The maximum absolute atomic E-state index is 10.8. The van der Waals surface area contributed by atoms with E-state index in [1.807, 2.05) is 0 Å². The number of carbonyl (C=O) groups is 1. The summed E-state index contributed by atoms with van der Waals surface area (Å²) in [4.78, 5) is 10.8. The van der Waals surface area contributed by atoms with E-state index in [1.54, 1.807) is 6.92 Å². The molecule has 1 aromatic rings. The van der Waals surface area contributed by atoms with Crippen molar-refractivity contribution in [2.75, 3.05) is 7.11 Å². The van der Waals surface area contributed by atoms with Gasteiger partial charge in [0.1, 0.15) is 11.5 Å². The van der Waals surface area contributed by atoms with Crippen LogP contribution in [0.4, 0.5) is 0 Å². The Balaban J connectivity index is 3.02. The van der Waals surface area contributed by atoms with E-state index in [0.717, 1.165) is 0 Å². The molecule has 0 spiro atoms. The summed E-state index contributed by atoms with van der Waals surface area (Å²) in [7, 11) is 1.27. The van der Waals surface area contributed by atoms with Crippen LogP contribution < -0.4 is 0 Å². The normalized spacial score (nSPS) is 10.5. The summed E-state index contributed by atoms with van der Waals surface area (Å²) in [6.45, 7) is 1.58. The van der Waals surface area contributed by atoms with Gasteiger partial charge in [0.15, 0.2) is 0 Å². The molecule has 0 aliphatic rings. The summed E-state index contributed by atoms with van der Waals surface area (Å²) in [5.41, 5.74) is 0.831. The Labute approximate surface area is 87.4 Å². The Kier molecular flexibility index (Phi) is 3.33. The minimum Gasteiger partial charge on any atom is -0.508 e. The van der Waals surface area contributed by atoms with Gasteiger partial charge in [0.05, 0.1) is 7.11 Å². The molecule has 1 rings (SSSR count). The number of methoxy groups -OCH3 is 1. The van der Waals surface area contributed by atoms with E-state index >= 15 is 0 Å². The van der Waals surface area contributed by atoms with Gasteiger partial charge in [-0.3, -0.25) is 0 Å². The molecule has 0 bridgehead atoms. The first-order chi connectivity index (χ1) is 7.06. The lowest BCUT2D eigenvalue weighted by Crippen LogP contribution is -1.93. The van der Waals surface area contributed by atoms with Crippen LogP contribution in [0.5, 0.6) is 11.5 Å². The average Bonchev–Trinajstić information content (AvgIpc) is 2.24. The minimum absolute atomic E-state index is 0.0164. The monoisotopic (exact) mass is 208 g/mol. The highest BCUT2D eigenvalue weighted by Crippen LogP contribution is 2.30. The van der Waals surface area contributed by atoms with Crippen LogP contribution in [-0.4, -0.2) is 23.3 Å². The molecular weight excluding hydrogens is 196 g/mol. The summed E-state index contributed by atoms with van der Waals surface area (Å²) in [6, 6.07) is 2.96. The molecule has 0 radical (unpaired) electrons. The van der Waals surface area contributed by atoms with Crippen LogP contribution in [0.2, 0.25) is 0 Å². The van der Waals surface area contributed by atoms with Gasteiger partial charge in [0, 0.05) is 17.2 Å². The number of phenolic OH excluding ortho intramolecular Hbond substituents is 2. The second-order valence-electron chi connectivity index (χ2n) is 3.00. The second-order valence-corrected chi connectivity index (χ2v) is 3.00. The lowest BCUT2D eigenvalue weighted by molar-refractivity contribution is -0.134. The highest BCUT2D eigenvalue weighted by atomic mass is 16.5. The van der Waals surface area contributed by atoms with E-state index in [9.17, 15) is 15.0 Å². The predicted octanol–water partition coefficient (Wildman–Crippen LogP) is 1.59. The molecular formula is C11H12O4. The van der Waals surface area contributed by atoms with Crippen LogP contribution in [0, 0.1) is 6.92 Å². The molecule has 4 nitrogen and oxygen atoms in total. The van der Waals surface area contributed by atoms with Crippen molar-refractivity contribution in [1.82, 2.24) is 0 Å². The van der Waals surface area contributed by atoms with Crippen LogP contribution in [0.15, 0.2) is 18.2 Å². The topological polar surface area (TPSA) is 66.8 Å². The molecule has 0 amide bonds. The number of phenols is 2. The summed E-state index contributed by atoms with van der Waals surface area (Å²) in [6.07, 6.45) is 2.62. The van der Waals surface area contributed by atoms with Crippen molar-refractivity contribution in [1.29, 1.82) is 0 Å². The highest BCUT2D eigenvalue weighted by Gasteiger charge is 2.05. The number of benzene rings is 1. The summed E-state index contributed by atoms with van der Waals surface area (Å²) in [5.74, 6) is -0.530. The van der Waals surface area contributed by atoms with Gasteiger partial charge in [-0.15, -0.1) is 0 Å². The Morgan fingerprint density at radius 3 is 2.67 bits per heavy atom. The van der Waals surface area contributed by atoms with Crippen molar-refractivity contribution in [3.63, 3.8) is 0 Å². The third kappa shape index (κ3) is 2.49. The van der Waals surface area contributed by atoms with Crippen molar-refractivity contribution >= 4 is 12.0 Å². The minimum atomic E-state index is -0.500. The Morgan fingerprint density at radius 1 is 1.40 bits per heavy atom. The largest absolute Gasteiger partial charge is 0.508 e. The van der Waals surface area contributed by atoms with Crippen molar-refractivity contribution in [3.05, 3.63) is 29.3 Å². The SMILES string of the molecule is COC(=O)C=Cc1ccc(O)c(C)c1O. The molecule has 0 fully saturated rings. The molecule has 0 unspecified atom stereocenters. The third-order valence-corrected chi connectivity index (χ3v) is 2.03. The van der Waals surface area contributed by atoms with Gasteiger partial charge in [-0.2, -0.15) is 0 Å². The van der Waals surface area contributed by atoms with Crippen LogP contribution in [0.3, 0.4) is 0 Å².